The molecule has 4 rings (SSSR count). The summed E-state index contributed by atoms with van der Waals surface area (Å²) in [6.45, 7) is 4.33. The fourth-order valence-electron chi connectivity index (χ4n) is 3.67. The van der Waals surface area contributed by atoms with Crippen molar-refractivity contribution in [3.05, 3.63) is 58.6 Å². The molecule has 0 radical (unpaired) electrons. The molecule has 0 saturated carbocycles. The lowest BCUT2D eigenvalue weighted by atomic mass is 10.1. The number of fused-ring (bicyclic) bond motifs is 1. The van der Waals surface area contributed by atoms with Crippen molar-refractivity contribution in [1.82, 2.24) is 9.21 Å². The van der Waals surface area contributed by atoms with Crippen molar-refractivity contribution in [3.63, 3.8) is 0 Å². The highest BCUT2D eigenvalue weighted by atomic mass is 35.5. The number of rotatable bonds is 4. The monoisotopic (exact) mass is 427 g/mol. The number of para-hydroxylation sites is 1. The van der Waals surface area contributed by atoms with Crippen LogP contribution in [0.4, 0.5) is 5.69 Å². The number of nitrogens with zero attached hydrogens (tertiary/aromatic N) is 2. The molecule has 0 spiro atoms. The predicted molar refractivity (Wildman–Crippen MR) is 111 cm³/mol. The van der Waals surface area contributed by atoms with Gasteiger partial charge >= 0.3 is 0 Å². The average molecular weight is 428 g/mol. The standard InChI is InChI=1S/C19H22ClN3O2S.ClH/c20-17-4-6-18(7-5-17)26(24,25)23-12-10-22(11-13-23)14-16-3-1-2-15-8-9-21-19(15)16;/h1-7,21H,8-14H2;1H. The van der Waals surface area contributed by atoms with Gasteiger partial charge in [0, 0.05) is 50.0 Å². The predicted octanol–water partition coefficient (Wildman–Crippen LogP) is 3.24. The largest absolute Gasteiger partial charge is 0.384 e. The van der Waals surface area contributed by atoms with Crippen molar-refractivity contribution in [1.29, 1.82) is 0 Å². The van der Waals surface area contributed by atoms with E-state index in [0.717, 1.165) is 32.6 Å². The molecule has 5 nitrogen and oxygen atoms in total. The van der Waals surface area contributed by atoms with E-state index in [9.17, 15) is 8.42 Å². The van der Waals surface area contributed by atoms with Gasteiger partial charge in [0.1, 0.15) is 0 Å². The second kappa shape index (κ2) is 8.37. The Morgan fingerprint density at radius 2 is 1.70 bits per heavy atom. The molecule has 2 aliphatic heterocycles. The summed E-state index contributed by atoms with van der Waals surface area (Å²) < 4.78 is 27.1. The highest BCUT2D eigenvalue weighted by molar-refractivity contribution is 7.89. The minimum absolute atomic E-state index is 0. The molecule has 8 heteroatoms. The fourth-order valence-corrected chi connectivity index (χ4v) is 5.22. The summed E-state index contributed by atoms with van der Waals surface area (Å²) >= 11 is 5.86. The first-order chi connectivity index (χ1) is 12.5. The van der Waals surface area contributed by atoms with E-state index in [1.165, 1.54) is 16.8 Å². The van der Waals surface area contributed by atoms with Crippen LogP contribution in [-0.2, 0) is 23.0 Å². The first kappa shape index (κ1) is 20.4. The van der Waals surface area contributed by atoms with Gasteiger partial charge in [-0.3, -0.25) is 4.90 Å². The van der Waals surface area contributed by atoms with Crippen molar-refractivity contribution < 1.29 is 8.42 Å². The van der Waals surface area contributed by atoms with Gasteiger partial charge in [0.25, 0.3) is 0 Å². The summed E-state index contributed by atoms with van der Waals surface area (Å²) in [7, 11) is -3.45. The molecule has 1 N–H and O–H groups in total. The lowest BCUT2D eigenvalue weighted by Crippen LogP contribution is -2.48. The van der Waals surface area contributed by atoms with Crippen LogP contribution in [0.3, 0.4) is 0 Å². The molecule has 0 amide bonds. The summed E-state index contributed by atoms with van der Waals surface area (Å²) in [6.07, 6.45) is 1.08. The molecule has 2 aromatic rings. The van der Waals surface area contributed by atoms with Crippen LogP contribution in [0.2, 0.25) is 5.02 Å². The first-order valence-electron chi connectivity index (χ1n) is 8.87. The molecule has 2 heterocycles. The number of piperazine rings is 1. The van der Waals surface area contributed by atoms with Gasteiger partial charge in [0.2, 0.25) is 10.0 Å². The summed E-state index contributed by atoms with van der Waals surface area (Å²) in [6, 6.07) is 12.8. The number of hydrogen-bond acceptors (Lipinski definition) is 4. The molecule has 0 bridgehead atoms. The Bertz CT molecular complexity index is 896. The topological polar surface area (TPSA) is 52.7 Å². The van der Waals surface area contributed by atoms with Crippen LogP contribution in [-0.4, -0.2) is 50.3 Å². The van der Waals surface area contributed by atoms with E-state index < -0.39 is 10.0 Å². The number of halogens is 2. The van der Waals surface area contributed by atoms with E-state index in [0.29, 0.717) is 23.0 Å². The molecule has 146 valence electrons. The Labute approximate surface area is 171 Å². The van der Waals surface area contributed by atoms with Crippen molar-refractivity contribution in [2.45, 2.75) is 17.9 Å². The molecular weight excluding hydrogens is 405 g/mol. The summed E-state index contributed by atoms with van der Waals surface area (Å²) in [4.78, 5) is 2.63. The third-order valence-corrected chi connectivity index (χ3v) is 7.27. The highest BCUT2D eigenvalue weighted by Crippen LogP contribution is 2.28. The smallest absolute Gasteiger partial charge is 0.243 e. The number of benzene rings is 2. The zero-order valence-electron chi connectivity index (χ0n) is 14.9. The van der Waals surface area contributed by atoms with Gasteiger partial charge in [-0.2, -0.15) is 4.31 Å². The summed E-state index contributed by atoms with van der Waals surface area (Å²) in [5.41, 5.74) is 3.95. The Hall–Kier alpha value is -1.31. The number of hydrogen-bond donors (Lipinski definition) is 1. The zero-order valence-corrected chi connectivity index (χ0v) is 17.3. The van der Waals surface area contributed by atoms with Crippen molar-refractivity contribution in [2.24, 2.45) is 0 Å². The molecular formula is C19H23Cl2N3O2S. The van der Waals surface area contributed by atoms with Crippen molar-refractivity contribution >= 4 is 39.7 Å². The van der Waals surface area contributed by atoms with Crippen LogP contribution in [0.5, 0.6) is 0 Å². The van der Waals surface area contributed by atoms with E-state index in [4.69, 9.17) is 11.6 Å². The van der Waals surface area contributed by atoms with Crippen LogP contribution in [0.25, 0.3) is 0 Å². The van der Waals surface area contributed by atoms with E-state index in [1.807, 2.05) is 0 Å². The Balaban J connectivity index is 0.00000210. The van der Waals surface area contributed by atoms with Crippen LogP contribution >= 0.6 is 24.0 Å². The molecule has 1 fully saturated rings. The fraction of sp³-hybridized carbons (Fsp3) is 0.368. The van der Waals surface area contributed by atoms with Crippen molar-refractivity contribution in [2.75, 3.05) is 38.0 Å². The van der Waals surface area contributed by atoms with Gasteiger partial charge in [0.15, 0.2) is 0 Å². The number of nitrogens with one attached hydrogen (secondary N) is 1. The van der Waals surface area contributed by atoms with Crippen molar-refractivity contribution in [3.8, 4) is 0 Å². The molecule has 0 aromatic heterocycles. The molecule has 1 saturated heterocycles. The van der Waals surface area contributed by atoms with Crippen LogP contribution < -0.4 is 5.32 Å². The summed E-state index contributed by atoms with van der Waals surface area (Å²) in [5.74, 6) is 0. The van der Waals surface area contributed by atoms with Crippen LogP contribution in [0.1, 0.15) is 11.1 Å². The quantitative estimate of drug-likeness (QED) is 0.813. The van der Waals surface area contributed by atoms with E-state index in [2.05, 4.69) is 28.4 Å². The van der Waals surface area contributed by atoms with Gasteiger partial charge in [-0.05, 0) is 41.8 Å². The third-order valence-electron chi connectivity index (χ3n) is 5.11. The molecule has 0 unspecified atom stereocenters. The van der Waals surface area contributed by atoms with E-state index in [1.54, 1.807) is 28.6 Å². The lowest BCUT2D eigenvalue weighted by Gasteiger charge is -2.34. The minimum Gasteiger partial charge on any atom is -0.384 e. The SMILES string of the molecule is Cl.O=S(=O)(c1ccc(Cl)cc1)N1CCN(Cc2cccc3c2NCC3)CC1. The molecule has 2 aliphatic rings. The van der Waals surface area contributed by atoms with Crippen LogP contribution in [0, 0.1) is 0 Å². The average Bonchev–Trinajstić information content (AvgIpc) is 3.12. The third kappa shape index (κ3) is 4.25. The van der Waals surface area contributed by atoms with Gasteiger partial charge in [-0.25, -0.2) is 8.42 Å². The van der Waals surface area contributed by atoms with E-state index >= 15 is 0 Å². The number of anilines is 1. The maximum absolute atomic E-state index is 12.8. The lowest BCUT2D eigenvalue weighted by molar-refractivity contribution is 0.182. The molecule has 2 aromatic carbocycles. The maximum Gasteiger partial charge on any atom is 0.243 e. The minimum atomic E-state index is -3.45. The Morgan fingerprint density at radius 3 is 2.41 bits per heavy atom. The summed E-state index contributed by atoms with van der Waals surface area (Å²) in [5, 5.41) is 4.01. The van der Waals surface area contributed by atoms with Gasteiger partial charge in [-0.15, -0.1) is 12.4 Å². The van der Waals surface area contributed by atoms with Gasteiger partial charge < -0.3 is 5.32 Å². The Kier molecular flexibility index (Phi) is 6.33. The highest BCUT2D eigenvalue weighted by Gasteiger charge is 2.28. The number of sulfonamides is 1. The first-order valence-corrected chi connectivity index (χ1v) is 10.7. The van der Waals surface area contributed by atoms with E-state index in [-0.39, 0.29) is 12.4 Å². The molecule has 27 heavy (non-hydrogen) atoms. The molecule has 0 atom stereocenters. The van der Waals surface area contributed by atoms with Gasteiger partial charge in [-0.1, -0.05) is 29.8 Å². The second-order valence-electron chi connectivity index (χ2n) is 6.76. The molecule has 0 aliphatic carbocycles. The van der Waals surface area contributed by atoms with Gasteiger partial charge in [0.05, 0.1) is 4.90 Å². The maximum atomic E-state index is 12.8. The van der Waals surface area contributed by atoms with Crippen LogP contribution in [0.15, 0.2) is 47.4 Å². The second-order valence-corrected chi connectivity index (χ2v) is 9.14. The normalized spacial score (nSPS) is 17.8. The zero-order chi connectivity index (χ0) is 18.1. The Morgan fingerprint density at radius 1 is 1.00 bits per heavy atom.